The summed E-state index contributed by atoms with van der Waals surface area (Å²) < 4.78 is 55.6. The minimum atomic E-state index is -3.63. The monoisotopic (exact) mass is 438 g/mol. The molecular formula is C19H16F2N2O4S2. The van der Waals surface area contributed by atoms with Gasteiger partial charge in [-0.05, 0) is 53.4 Å². The number of carbonyl (C=O) groups is 1. The Hall–Kier alpha value is -2.98. The molecule has 3 aromatic rings. The Morgan fingerprint density at radius 3 is 2.24 bits per heavy atom. The number of rotatable bonds is 8. The van der Waals surface area contributed by atoms with Gasteiger partial charge in [-0.2, -0.15) is 8.78 Å². The van der Waals surface area contributed by atoms with E-state index in [1.807, 2.05) is 0 Å². The van der Waals surface area contributed by atoms with E-state index in [1.165, 1.54) is 30.3 Å². The van der Waals surface area contributed by atoms with E-state index < -0.39 is 16.6 Å². The minimum Gasteiger partial charge on any atom is -0.435 e. The fourth-order valence-corrected chi connectivity index (χ4v) is 4.47. The molecule has 0 unspecified atom stereocenters. The van der Waals surface area contributed by atoms with E-state index in [-0.39, 0.29) is 22.3 Å². The van der Waals surface area contributed by atoms with Crippen LogP contribution in [0.2, 0.25) is 0 Å². The molecule has 0 aliphatic rings. The quantitative estimate of drug-likeness (QED) is 0.548. The molecule has 1 aromatic heterocycles. The van der Waals surface area contributed by atoms with E-state index in [4.69, 9.17) is 0 Å². The summed E-state index contributed by atoms with van der Waals surface area (Å²) in [6.07, 6.45) is 0.0627. The van der Waals surface area contributed by atoms with Crippen LogP contribution in [0.1, 0.15) is 5.56 Å². The predicted octanol–water partition coefficient (Wildman–Crippen LogP) is 4.33. The lowest BCUT2D eigenvalue weighted by atomic mass is 10.1. The largest absolute Gasteiger partial charge is 0.435 e. The van der Waals surface area contributed by atoms with Crippen LogP contribution in [0.4, 0.5) is 20.2 Å². The number of thiophene rings is 1. The third-order valence-electron chi connectivity index (χ3n) is 3.69. The lowest BCUT2D eigenvalue weighted by Crippen LogP contribution is -2.14. The van der Waals surface area contributed by atoms with Crippen molar-refractivity contribution in [3.8, 4) is 5.75 Å². The highest BCUT2D eigenvalue weighted by Gasteiger charge is 2.15. The number of amides is 1. The molecule has 0 spiro atoms. The maximum atomic E-state index is 12.2. The zero-order valence-electron chi connectivity index (χ0n) is 14.8. The number of halogens is 2. The SMILES string of the molecule is O=C(Cc1ccc(NS(=O)(=O)c2cccs2)cc1)Nc1ccc(OC(F)F)cc1. The highest BCUT2D eigenvalue weighted by atomic mass is 32.2. The molecule has 2 N–H and O–H groups in total. The lowest BCUT2D eigenvalue weighted by molar-refractivity contribution is -0.115. The smallest absolute Gasteiger partial charge is 0.387 e. The fourth-order valence-electron chi connectivity index (χ4n) is 2.42. The zero-order valence-corrected chi connectivity index (χ0v) is 16.5. The topological polar surface area (TPSA) is 84.5 Å². The predicted molar refractivity (Wildman–Crippen MR) is 107 cm³/mol. The van der Waals surface area contributed by atoms with Crippen LogP contribution in [0.15, 0.2) is 70.3 Å². The molecule has 10 heteroatoms. The van der Waals surface area contributed by atoms with Gasteiger partial charge >= 0.3 is 6.61 Å². The molecule has 0 fully saturated rings. The number of ether oxygens (including phenoxy) is 1. The Morgan fingerprint density at radius 1 is 1.00 bits per heavy atom. The van der Waals surface area contributed by atoms with Crippen molar-refractivity contribution in [3.05, 3.63) is 71.6 Å². The zero-order chi connectivity index (χ0) is 20.9. The molecule has 0 bridgehead atoms. The maximum absolute atomic E-state index is 12.2. The highest BCUT2D eigenvalue weighted by molar-refractivity contribution is 7.94. The number of nitrogens with one attached hydrogen (secondary N) is 2. The van der Waals surface area contributed by atoms with Crippen LogP contribution in [0.25, 0.3) is 0 Å². The second kappa shape index (κ2) is 9.01. The van der Waals surface area contributed by atoms with Crippen molar-refractivity contribution in [2.75, 3.05) is 10.0 Å². The van der Waals surface area contributed by atoms with Crippen molar-refractivity contribution in [2.45, 2.75) is 17.2 Å². The first-order valence-corrected chi connectivity index (χ1v) is 10.7. The highest BCUT2D eigenvalue weighted by Crippen LogP contribution is 2.21. The second-order valence-electron chi connectivity index (χ2n) is 5.86. The van der Waals surface area contributed by atoms with Crippen LogP contribution in [-0.2, 0) is 21.2 Å². The van der Waals surface area contributed by atoms with Gasteiger partial charge in [0.05, 0.1) is 6.42 Å². The molecule has 0 radical (unpaired) electrons. The fraction of sp³-hybridized carbons (Fsp3) is 0.105. The molecule has 29 heavy (non-hydrogen) atoms. The molecule has 0 aliphatic carbocycles. The summed E-state index contributed by atoms with van der Waals surface area (Å²) in [4.78, 5) is 12.1. The maximum Gasteiger partial charge on any atom is 0.387 e. The summed E-state index contributed by atoms with van der Waals surface area (Å²) in [5, 5.41) is 4.33. The average molecular weight is 438 g/mol. The molecule has 6 nitrogen and oxygen atoms in total. The number of anilines is 2. The summed E-state index contributed by atoms with van der Waals surface area (Å²) in [6, 6.07) is 15.2. The van der Waals surface area contributed by atoms with Crippen molar-refractivity contribution in [3.63, 3.8) is 0 Å². The van der Waals surface area contributed by atoms with E-state index in [9.17, 15) is 22.0 Å². The summed E-state index contributed by atoms with van der Waals surface area (Å²) >= 11 is 1.12. The molecule has 0 saturated carbocycles. The summed E-state index contributed by atoms with van der Waals surface area (Å²) in [6.45, 7) is -2.91. The normalized spacial score (nSPS) is 11.3. The van der Waals surface area contributed by atoms with E-state index in [0.29, 0.717) is 16.9 Å². The number of sulfonamides is 1. The molecule has 3 rings (SSSR count). The summed E-state index contributed by atoms with van der Waals surface area (Å²) in [5.41, 5.74) is 1.51. The molecule has 0 saturated heterocycles. The molecule has 0 aliphatic heterocycles. The van der Waals surface area contributed by atoms with E-state index in [0.717, 1.165) is 11.3 Å². The first-order valence-electron chi connectivity index (χ1n) is 8.32. The third kappa shape index (κ3) is 6.00. The van der Waals surface area contributed by atoms with Gasteiger partial charge in [-0.25, -0.2) is 8.42 Å². The number of benzene rings is 2. The summed E-state index contributed by atoms with van der Waals surface area (Å²) in [5.74, 6) is -0.307. The minimum absolute atomic E-state index is 0.00131. The van der Waals surface area contributed by atoms with Gasteiger partial charge in [-0.3, -0.25) is 9.52 Å². The Labute approximate surface area is 170 Å². The lowest BCUT2D eigenvalue weighted by Gasteiger charge is -2.09. The van der Waals surface area contributed by atoms with Crippen LogP contribution in [0.5, 0.6) is 5.75 Å². The summed E-state index contributed by atoms with van der Waals surface area (Å²) in [7, 11) is -3.63. The van der Waals surface area contributed by atoms with Crippen molar-refractivity contribution >= 4 is 38.6 Å². The van der Waals surface area contributed by atoms with Crippen LogP contribution >= 0.6 is 11.3 Å². The molecular weight excluding hydrogens is 422 g/mol. The van der Waals surface area contributed by atoms with Crippen molar-refractivity contribution in [2.24, 2.45) is 0 Å². The van der Waals surface area contributed by atoms with Gasteiger partial charge in [0.1, 0.15) is 9.96 Å². The van der Waals surface area contributed by atoms with Crippen molar-refractivity contribution in [1.82, 2.24) is 0 Å². The number of carbonyl (C=O) groups excluding carboxylic acids is 1. The van der Waals surface area contributed by atoms with Gasteiger partial charge in [0.15, 0.2) is 0 Å². The molecule has 2 aromatic carbocycles. The van der Waals surface area contributed by atoms with Gasteiger partial charge in [0.25, 0.3) is 10.0 Å². The van der Waals surface area contributed by atoms with Crippen LogP contribution in [0.3, 0.4) is 0 Å². The van der Waals surface area contributed by atoms with E-state index in [1.54, 1.807) is 35.7 Å². The van der Waals surface area contributed by atoms with Crippen LogP contribution in [-0.4, -0.2) is 20.9 Å². The molecule has 0 atom stereocenters. The average Bonchev–Trinajstić information content (AvgIpc) is 3.20. The number of hydrogen-bond acceptors (Lipinski definition) is 5. The standard InChI is InChI=1S/C19H16F2N2O4S2/c20-19(21)27-16-9-7-14(8-10-16)22-17(24)12-13-3-5-15(6-4-13)23-29(25,26)18-2-1-11-28-18/h1-11,19,23H,12H2,(H,22,24). The third-order valence-corrected chi connectivity index (χ3v) is 6.47. The van der Waals surface area contributed by atoms with Crippen molar-refractivity contribution < 1.29 is 26.7 Å². The van der Waals surface area contributed by atoms with Gasteiger partial charge in [-0.1, -0.05) is 18.2 Å². The Balaban J connectivity index is 1.56. The van der Waals surface area contributed by atoms with Crippen molar-refractivity contribution in [1.29, 1.82) is 0 Å². The van der Waals surface area contributed by atoms with E-state index >= 15 is 0 Å². The van der Waals surface area contributed by atoms with Gasteiger partial charge < -0.3 is 10.1 Å². The van der Waals surface area contributed by atoms with Gasteiger partial charge in [0.2, 0.25) is 5.91 Å². The molecule has 1 amide bonds. The van der Waals surface area contributed by atoms with Gasteiger partial charge in [-0.15, -0.1) is 11.3 Å². The Kier molecular flexibility index (Phi) is 6.45. The molecule has 1 heterocycles. The first-order chi connectivity index (χ1) is 13.8. The first kappa shape index (κ1) is 20.7. The van der Waals surface area contributed by atoms with E-state index in [2.05, 4.69) is 14.8 Å². The van der Waals surface area contributed by atoms with Crippen LogP contribution in [0, 0.1) is 0 Å². The van der Waals surface area contributed by atoms with Crippen LogP contribution < -0.4 is 14.8 Å². The molecule has 152 valence electrons. The van der Waals surface area contributed by atoms with Gasteiger partial charge in [0, 0.05) is 11.4 Å². The Morgan fingerprint density at radius 2 is 1.66 bits per heavy atom. The number of hydrogen-bond donors (Lipinski definition) is 2. The Bertz CT molecular complexity index is 1050. The second-order valence-corrected chi connectivity index (χ2v) is 8.72. The number of alkyl halides is 2.